The Morgan fingerprint density at radius 1 is 1.08 bits per heavy atom. The van der Waals surface area contributed by atoms with Crippen molar-refractivity contribution in [2.45, 2.75) is 96.4 Å². The number of imidazole rings is 1. The fourth-order valence-corrected chi connectivity index (χ4v) is 3.25. The molecule has 0 amide bonds. The van der Waals surface area contributed by atoms with Crippen LogP contribution < -0.4 is 0 Å². The zero-order valence-electron chi connectivity index (χ0n) is 16.6. The molecule has 0 bridgehead atoms. The summed E-state index contributed by atoms with van der Waals surface area (Å²) in [5.74, 6) is -0.0323. The van der Waals surface area contributed by atoms with Crippen LogP contribution in [0.15, 0.2) is 30.9 Å². The van der Waals surface area contributed by atoms with Gasteiger partial charge in [0.25, 0.3) is 0 Å². The molecule has 0 saturated heterocycles. The summed E-state index contributed by atoms with van der Waals surface area (Å²) < 4.78 is 2.25. The molecule has 148 valence electrons. The smallest absolute Gasteiger partial charge is 0.158 e. The molecule has 0 aliphatic rings. The second-order valence-electron chi connectivity index (χ2n) is 7.22. The van der Waals surface area contributed by atoms with E-state index in [-0.39, 0.29) is 12.4 Å². The average Bonchev–Trinajstić information content (AvgIpc) is 3.19. The number of ketones is 1. The maximum Gasteiger partial charge on any atom is 0.158 e. The van der Waals surface area contributed by atoms with Gasteiger partial charge in [0.15, 0.2) is 5.78 Å². The molecular weight excluding hydrogens is 324 g/mol. The third-order valence-corrected chi connectivity index (χ3v) is 4.91. The molecule has 1 heterocycles. The first-order valence-electron chi connectivity index (χ1n) is 10.5. The van der Waals surface area contributed by atoms with Crippen molar-refractivity contribution in [2.75, 3.05) is 6.61 Å². The van der Waals surface area contributed by atoms with E-state index in [1.54, 1.807) is 0 Å². The monoisotopic (exact) mass is 362 g/mol. The number of nitrogens with zero attached hydrogens (tertiary/aromatic N) is 2. The Balaban J connectivity index is 2.11. The third-order valence-electron chi connectivity index (χ3n) is 4.91. The van der Waals surface area contributed by atoms with Gasteiger partial charge in [0.1, 0.15) is 6.61 Å². The molecule has 0 spiro atoms. The topological polar surface area (TPSA) is 55.1 Å². The van der Waals surface area contributed by atoms with Crippen molar-refractivity contribution in [3.8, 4) is 0 Å². The Bertz CT molecular complexity index is 468. The highest BCUT2D eigenvalue weighted by molar-refractivity contribution is 5.79. The number of aliphatic hydroxyl groups excluding tert-OH is 1. The summed E-state index contributed by atoms with van der Waals surface area (Å²) in [6, 6.07) is 0.537. The molecule has 0 radical (unpaired) electrons. The van der Waals surface area contributed by atoms with Gasteiger partial charge in [0, 0.05) is 24.9 Å². The molecule has 0 aromatic carbocycles. The molecule has 4 nitrogen and oxygen atoms in total. The summed E-state index contributed by atoms with van der Waals surface area (Å²) >= 11 is 0. The zero-order valence-corrected chi connectivity index (χ0v) is 16.6. The van der Waals surface area contributed by atoms with E-state index in [2.05, 4.69) is 34.8 Å². The minimum absolute atomic E-state index is 0.0323. The molecule has 4 heteroatoms. The highest BCUT2D eigenvalue weighted by atomic mass is 16.3. The van der Waals surface area contributed by atoms with Crippen molar-refractivity contribution in [2.24, 2.45) is 0 Å². The van der Waals surface area contributed by atoms with Crippen molar-refractivity contribution in [3.05, 3.63) is 30.9 Å². The molecule has 0 fully saturated rings. The normalized spacial score (nSPS) is 12.7. The van der Waals surface area contributed by atoms with Gasteiger partial charge in [-0.25, -0.2) is 4.98 Å². The first-order chi connectivity index (χ1) is 12.8. The Morgan fingerprint density at radius 2 is 1.85 bits per heavy atom. The molecular formula is C22H38N2O2. The maximum absolute atomic E-state index is 11.0. The zero-order chi connectivity index (χ0) is 18.9. The molecule has 26 heavy (non-hydrogen) atoms. The molecule has 1 atom stereocenters. The third kappa shape index (κ3) is 11.2. The second-order valence-corrected chi connectivity index (χ2v) is 7.22. The largest absolute Gasteiger partial charge is 0.389 e. The fraction of sp³-hybridized carbons (Fsp3) is 0.727. The van der Waals surface area contributed by atoms with E-state index in [9.17, 15) is 4.79 Å². The summed E-state index contributed by atoms with van der Waals surface area (Å²) in [6.45, 7) is 1.95. The molecule has 1 unspecified atom stereocenters. The van der Waals surface area contributed by atoms with Crippen LogP contribution in [0.2, 0.25) is 0 Å². The number of hydrogen-bond donors (Lipinski definition) is 1. The summed E-state index contributed by atoms with van der Waals surface area (Å²) in [7, 11) is 0. The molecule has 1 rings (SSSR count). The number of rotatable bonds is 17. The SMILES string of the molecule is CCCCCCC(CC=CCCCCCCCC(=O)CO)n1ccnc1. The summed E-state index contributed by atoms with van der Waals surface area (Å²) in [5, 5.41) is 8.67. The number of aliphatic hydroxyl groups is 1. The number of unbranched alkanes of at least 4 members (excludes halogenated alkanes) is 8. The van der Waals surface area contributed by atoms with E-state index < -0.39 is 0 Å². The van der Waals surface area contributed by atoms with Crippen molar-refractivity contribution in [3.63, 3.8) is 0 Å². The van der Waals surface area contributed by atoms with Gasteiger partial charge in [0.05, 0.1) is 6.33 Å². The van der Waals surface area contributed by atoms with Gasteiger partial charge < -0.3 is 9.67 Å². The standard InChI is InChI=1S/C22H38N2O2/c1-2-3-4-11-14-21(24-18-17-23-20-24)15-12-9-7-5-6-8-10-13-16-22(26)19-25/h9,12,17-18,20-21,25H,2-8,10-11,13-16,19H2,1H3. The molecule has 1 aromatic rings. The van der Waals surface area contributed by atoms with Crippen molar-refractivity contribution >= 4 is 5.78 Å². The van der Waals surface area contributed by atoms with E-state index >= 15 is 0 Å². The molecule has 0 aliphatic carbocycles. The van der Waals surface area contributed by atoms with Crippen LogP contribution in [0.25, 0.3) is 0 Å². The fourth-order valence-electron chi connectivity index (χ4n) is 3.25. The summed E-state index contributed by atoms with van der Waals surface area (Å²) in [6.07, 6.45) is 25.4. The second kappa shape index (κ2) is 15.8. The van der Waals surface area contributed by atoms with E-state index in [1.165, 1.54) is 51.4 Å². The Hall–Kier alpha value is -1.42. The minimum atomic E-state index is -0.302. The van der Waals surface area contributed by atoms with E-state index in [1.807, 2.05) is 12.5 Å². The lowest BCUT2D eigenvalue weighted by Gasteiger charge is -2.16. The van der Waals surface area contributed by atoms with Crippen LogP contribution in [0.4, 0.5) is 0 Å². The molecule has 1 aromatic heterocycles. The quantitative estimate of drug-likeness (QED) is 0.288. The molecule has 0 aliphatic heterocycles. The van der Waals surface area contributed by atoms with Gasteiger partial charge >= 0.3 is 0 Å². The lowest BCUT2D eigenvalue weighted by molar-refractivity contribution is -0.121. The molecule has 0 saturated carbocycles. The van der Waals surface area contributed by atoms with Crippen LogP contribution in [0, 0.1) is 0 Å². The summed E-state index contributed by atoms with van der Waals surface area (Å²) in [4.78, 5) is 15.2. The van der Waals surface area contributed by atoms with Gasteiger partial charge in [-0.3, -0.25) is 4.79 Å². The average molecular weight is 363 g/mol. The van der Waals surface area contributed by atoms with Crippen molar-refractivity contribution in [1.29, 1.82) is 0 Å². The highest BCUT2D eigenvalue weighted by Gasteiger charge is 2.08. The molecule has 1 N–H and O–H groups in total. The number of aromatic nitrogens is 2. The predicted molar refractivity (Wildman–Crippen MR) is 108 cm³/mol. The number of carbonyl (C=O) groups is 1. The maximum atomic E-state index is 11.0. The first-order valence-corrected chi connectivity index (χ1v) is 10.5. The van der Waals surface area contributed by atoms with Gasteiger partial charge in [-0.15, -0.1) is 0 Å². The van der Waals surface area contributed by atoms with Crippen LogP contribution in [0.1, 0.15) is 96.4 Å². The number of hydrogen-bond acceptors (Lipinski definition) is 3. The van der Waals surface area contributed by atoms with Crippen LogP contribution in [-0.4, -0.2) is 27.0 Å². The lowest BCUT2D eigenvalue weighted by atomic mass is 10.0. The Labute approximate surface area is 159 Å². The number of Topliss-reactive ketones (excluding diaryl/α,β-unsaturated/α-hetero) is 1. The van der Waals surface area contributed by atoms with Crippen LogP contribution in [-0.2, 0) is 4.79 Å². The van der Waals surface area contributed by atoms with Crippen LogP contribution in [0.5, 0.6) is 0 Å². The Kier molecular flexibility index (Phi) is 13.8. The first kappa shape index (κ1) is 22.6. The van der Waals surface area contributed by atoms with E-state index in [0.717, 1.165) is 25.7 Å². The lowest BCUT2D eigenvalue weighted by Crippen LogP contribution is -2.06. The highest BCUT2D eigenvalue weighted by Crippen LogP contribution is 2.20. The van der Waals surface area contributed by atoms with E-state index in [0.29, 0.717) is 12.5 Å². The van der Waals surface area contributed by atoms with Gasteiger partial charge in [0.2, 0.25) is 0 Å². The summed E-state index contributed by atoms with van der Waals surface area (Å²) in [5.41, 5.74) is 0. The van der Waals surface area contributed by atoms with Gasteiger partial charge in [-0.2, -0.15) is 0 Å². The van der Waals surface area contributed by atoms with Gasteiger partial charge in [-0.05, 0) is 32.1 Å². The van der Waals surface area contributed by atoms with Crippen molar-refractivity contribution in [1.82, 2.24) is 9.55 Å². The van der Waals surface area contributed by atoms with Crippen LogP contribution in [0.3, 0.4) is 0 Å². The van der Waals surface area contributed by atoms with Crippen LogP contribution >= 0.6 is 0 Å². The Morgan fingerprint density at radius 3 is 2.58 bits per heavy atom. The minimum Gasteiger partial charge on any atom is -0.389 e. The van der Waals surface area contributed by atoms with Gasteiger partial charge in [-0.1, -0.05) is 64.0 Å². The predicted octanol–water partition coefficient (Wildman–Crippen LogP) is 5.63. The number of carbonyl (C=O) groups excluding carboxylic acids is 1. The number of allylic oxidation sites excluding steroid dienone is 2. The van der Waals surface area contributed by atoms with E-state index in [4.69, 9.17) is 5.11 Å². The van der Waals surface area contributed by atoms with Crippen molar-refractivity contribution < 1.29 is 9.90 Å².